The molecule has 6 heteroatoms. The van der Waals surface area contributed by atoms with Crippen molar-refractivity contribution in [3.05, 3.63) is 168 Å². The molecule has 2 nitrogen and oxygen atoms in total. The lowest BCUT2D eigenvalue weighted by molar-refractivity contribution is 0.627. The van der Waals surface area contributed by atoms with Gasteiger partial charge in [-0.05, 0) is 95.1 Å². The third-order valence-electron chi connectivity index (χ3n) is 8.89. The lowest BCUT2D eigenvalue weighted by Crippen LogP contribution is -1.87. The van der Waals surface area contributed by atoms with Gasteiger partial charge in [-0.3, -0.25) is 0 Å². The second-order valence-electron chi connectivity index (χ2n) is 12.0. The van der Waals surface area contributed by atoms with E-state index in [2.05, 4.69) is 97.1 Å². The van der Waals surface area contributed by atoms with Gasteiger partial charge >= 0.3 is 0 Å². The minimum Gasteiger partial charge on any atom is -0.248 e. The second kappa shape index (κ2) is 12.6. The smallest absolute Gasteiger partial charge is 0.123 e. The van der Waals surface area contributed by atoms with Crippen molar-refractivity contribution < 1.29 is 8.78 Å². The molecule has 9 rings (SSSR count). The predicted molar refractivity (Wildman–Crippen MR) is 208 cm³/mol. The Labute approximate surface area is 295 Å². The largest absolute Gasteiger partial charge is 0.248 e. The predicted octanol–water partition coefficient (Wildman–Crippen LogP) is 13.1. The Bertz CT molecular complexity index is 2460. The van der Waals surface area contributed by atoms with Gasteiger partial charge in [0.1, 0.15) is 11.6 Å². The Balaban J connectivity index is 1.48. The molecule has 0 aliphatic carbocycles. The Hall–Kier alpha value is -5.82. The molecule has 8 bridgehead atoms. The topological polar surface area (TPSA) is 25.8 Å². The monoisotopic (exact) mass is 684 g/mol. The van der Waals surface area contributed by atoms with Crippen molar-refractivity contribution in [1.29, 1.82) is 0 Å². The molecule has 0 N–H and O–H groups in total. The maximum Gasteiger partial charge on any atom is 0.123 e. The molecule has 50 heavy (non-hydrogen) atoms. The standard InChI is InChI=1S/C44H26F2N2S2/c45-31-15-11-29(12-16-31)43-35-21-19-33(47-35)41(27-7-3-1-4-8-27)37-23-24-38(49-37)42(28-9-5-2-6-10-28)34-20-22-36(48-34)44(40-26-25-39(43)50-40)30-13-17-32(46)18-14-30/h1-26H. The van der Waals surface area contributed by atoms with Crippen LogP contribution in [-0.2, 0) is 0 Å². The molecule has 3 aromatic heterocycles. The van der Waals surface area contributed by atoms with Crippen LogP contribution in [0.5, 0.6) is 0 Å². The van der Waals surface area contributed by atoms with Crippen LogP contribution in [0.2, 0.25) is 0 Å². The number of aromatic nitrogens is 2. The van der Waals surface area contributed by atoms with E-state index < -0.39 is 0 Å². The molecule has 0 atom stereocenters. The van der Waals surface area contributed by atoms with E-state index in [0.29, 0.717) is 0 Å². The second-order valence-corrected chi connectivity index (χ2v) is 14.2. The highest BCUT2D eigenvalue weighted by molar-refractivity contribution is 7.24. The molecule has 7 aromatic rings. The van der Waals surface area contributed by atoms with Crippen molar-refractivity contribution in [2.24, 2.45) is 0 Å². The van der Waals surface area contributed by atoms with Crippen LogP contribution in [0.4, 0.5) is 8.78 Å². The summed E-state index contributed by atoms with van der Waals surface area (Å²) in [6, 6.07) is 42.4. The van der Waals surface area contributed by atoms with Gasteiger partial charge in [-0.1, -0.05) is 84.9 Å². The fourth-order valence-electron chi connectivity index (χ4n) is 6.60. The van der Waals surface area contributed by atoms with E-state index in [4.69, 9.17) is 9.97 Å². The average molecular weight is 685 g/mol. The van der Waals surface area contributed by atoms with Crippen molar-refractivity contribution in [2.45, 2.75) is 0 Å². The fourth-order valence-corrected chi connectivity index (χ4v) is 8.92. The summed E-state index contributed by atoms with van der Waals surface area (Å²) in [5.74, 6) is -0.592. The summed E-state index contributed by atoms with van der Waals surface area (Å²) >= 11 is 3.33. The summed E-state index contributed by atoms with van der Waals surface area (Å²) in [5.41, 5.74) is 11.1. The summed E-state index contributed by atoms with van der Waals surface area (Å²) in [6.45, 7) is 0. The Morgan fingerprint density at radius 2 is 0.600 bits per heavy atom. The Morgan fingerprint density at radius 3 is 0.900 bits per heavy atom. The number of nitrogens with zero attached hydrogens (tertiary/aromatic N) is 2. The molecule has 0 saturated heterocycles. The van der Waals surface area contributed by atoms with Gasteiger partial charge in [-0.15, -0.1) is 22.7 Å². The van der Waals surface area contributed by atoms with Crippen LogP contribution in [0.15, 0.2) is 133 Å². The van der Waals surface area contributed by atoms with Crippen LogP contribution < -0.4 is 0 Å². The van der Waals surface area contributed by atoms with Crippen LogP contribution in [0.25, 0.3) is 87.6 Å². The van der Waals surface area contributed by atoms with E-state index in [1.165, 1.54) is 24.3 Å². The molecule has 0 spiro atoms. The van der Waals surface area contributed by atoms with Crippen molar-refractivity contribution >= 4 is 65.8 Å². The summed E-state index contributed by atoms with van der Waals surface area (Å²) in [4.78, 5) is 10.6. The third kappa shape index (κ3) is 5.49. The fraction of sp³-hybridized carbons (Fsp3) is 0. The number of benzene rings is 4. The van der Waals surface area contributed by atoms with Crippen LogP contribution in [0.3, 0.4) is 0 Å². The molecule has 5 heterocycles. The van der Waals surface area contributed by atoms with E-state index >= 15 is 0 Å². The van der Waals surface area contributed by atoms with Gasteiger partial charge in [-0.2, -0.15) is 0 Å². The van der Waals surface area contributed by atoms with E-state index in [0.717, 1.165) is 86.1 Å². The van der Waals surface area contributed by atoms with Crippen molar-refractivity contribution in [3.63, 3.8) is 0 Å². The van der Waals surface area contributed by atoms with Gasteiger partial charge in [0.15, 0.2) is 0 Å². The summed E-state index contributed by atoms with van der Waals surface area (Å²) < 4.78 is 32.5. The van der Waals surface area contributed by atoms with Crippen LogP contribution in [0, 0.1) is 11.6 Å². The Morgan fingerprint density at radius 1 is 0.320 bits per heavy atom. The van der Waals surface area contributed by atoms with Gasteiger partial charge < -0.3 is 0 Å². The molecular formula is C44H26F2N2S2. The van der Waals surface area contributed by atoms with E-state index in [1.807, 2.05) is 12.1 Å². The van der Waals surface area contributed by atoms with Crippen LogP contribution in [-0.4, -0.2) is 9.97 Å². The highest BCUT2D eigenvalue weighted by Gasteiger charge is 2.19. The van der Waals surface area contributed by atoms with Gasteiger partial charge in [0.05, 0.1) is 22.8 Å². The zero-order valence-corrected chi connectivity index (χ0v) is 28.1. The maximum absolute atomic E-state index is 14.2. The van der Waals surface area contributed by atoms with E-state index in [9.17, 15) is 8.78 Å². The lowest BCUT2D eigenvalue weighted by atomic mass is 10.0. The van der Waals surface area contributed by atoms with Crippen LogP contribution >= 0.6 is 22.7 Å². The van der Waals surface area contributed by atoms with E-state index in [-0.39, 0.29) is 11.6 Å². The molecular weight excluding hydrogens is 659 g/mol. The highest BCUT2D eigenvalue weighted by Crippen LogP contribution is 2.42. The molecule has 2 aliphatic rings. The quantitative estimate of drug-likeness (QED) is 0.184. The first-order valence-electron chi connectivity index (χ1n) is 16.2. The SMILES string of the molecule is Fc1ccc(-c2c3nc(c(-c4ccccc4)c4ccc(s4)c(-c4ccccc4)c4nc(c(-c5ccc(F)cc5)c5ccc2s5)C=C4)C=C3)cc1. The molecule has 0 unspecified atom stereocenters. The summed E-state index contributed by atoms with van der Waals surface area (Å²) in [5, 5.41) is 0. The number of rotatable bonds is 4. The van der Waals surface area contributed by atoms with Crippen molar-refractivity contribution in [2.75, 3.05) is 0 Å². The van der Waals surface area contributed by atoms with Gasteiger partial charge in [-0.25, -0.2) is 18.7 Å². The molecule has 0 fully saturated rings. The minimum absolute atomic E-state index is 0.296. The lowest BCUT2D eigenvalue weighted by Gasteiger charge is -2.06. The number of thiophene rings is 2. The average Bonchev–Trinajstić information content (AvgIpc) is 3.98. The molecule has 2 aliphatic heterocycles. The van der Waals surface area contributed by atoms with Crippen molar-refractivity contribution in [3.8, 4) is 44.5 Å². The highest BCUT2D eigenvalue weighted by atomic mass is 32.1. The molecule has 4 aromatic carbocycles. The zero-order valence-electron chi connectivity index (χ0n) is 26.5. The normalized spacial score (nSPS) is 12.0. The molecule has 0 saturated carbocycles. The van der Waals surface area contributed by atoms with Crippen LogP contribution in [0.1, 0.15) is 22.8 Å². The van der Waals surface area contributed by atoms with Gasteiger partial charge in [0.25, 0.3) is 0 Å². The van der Waals surface area contributed by atoms with Gasteiger partial charge in [0.2, 0.25) is 0 Å². The van der Waals surface area contributed by atoms with Crippen molar-refractivity contribution in [1.82, 2.24) is 9.97 Å². The number of halogens is 2. The first kappa shape index (κ1) is 30.3. The number of hydrogen-bond acceptors (Lipinski definition) is 4. The minimum atomic E-state index is -0.296. The zero-order chi connectivity index (χ0) is 33.6. The summed E-state index contributed by atoms with van der Waals surface area (Å²) in [7, 11) is 0. The summed E-state index contributed by atoms with van der Waals surface area (Å²) in [6.07, 6.45) is 8.27. The number of hydrogen-bond donors (Lipinski definition) is 0. The molecule has 0 amide bonds. The third-order valence-corrected chi connectivity index (χ3v) is 11.1. The first-order valence-corrected chi connectivity index (χ1v) is 17.8. The molecule has 238 valence electrons. The first-order chi connectivity index (χ1) is 24.6. The number of fused-ring (bicyclic) bond motifs is 8. The molecule has 0 radical (unpaired) electrons. The maximum atomic E-state index is 14.2. The Kier molecular flexibility index (Phi) is 7.61. The van der Waals surface area contributed by atoms with E-state index in [1.54, 1.807) is 46.9 Å². The van der Waals surface area contributed by atoms with Gasteiger partial charge in [0, 0.05) is 41.1 Å².